The van der Waals surface area contributed by atoms with Crippen LogP contribution >= 0.6 is 0 Å². The van der Waals surface area contributed by atoms with E-state index in [1.807, 2.05) is 49.4 Å². The lowest BCUT2D eigenvalue weighted by molar-refractivity contribution is -0.141. The molecule has 2 heterocycles. The van der Waals surface area contributed by atoms with Crippen LogP contribution in [0.5, 0.6) is 28.7 Å². The van der Waals surface area contributed by atoms with Crippen molar-refractivity contribution in [1.29, 1.82) is 0 Å². The van der Waals surface area contributed by atoms with Crippen LogP contribution in [0.1, 0.15) is 40.3 Å². The molecule has 3 aromatic carbocycles. The Morgan fingerprint density at radius 1 is 0.952 bits per heavy atom. The van der Waals surface area contributed by atoms with Gasteiger partial charge in [0.05, 0.1) is 32.0 Å². The Morgan fingerprint density at radius 2 is 1.62 bits per heavy atom. The minimum absolute atomic E-state index is 0.0306. The average Bonchev–Trinajstić information content (AvgIpc) is 3.64. The van der Waals surface area contributed by atoms with E-state index in [0.717, 1.165) is 16.7 Å². The number of rotatable bonds is 8. The lowest BCUT2D eigenvalue weighted by Gasteiger charge is -2.38. The molecule has 11 heteroatoms. The number of benzene rings is 3. The third-order valence-corrected chi connectivity index (χ3v) is 9.65. The van der Waals surface area contributed by atoms with Gasteiger partial charge in [-0.05, 0) is 46.5 Å². The fraction of sp³-hybridized carbons (Fsp3) is 0.355. The van der Waals surface area contributed by atoms with Crippen molar-refractivity contribution in [1.82, 2.24) is 0 Å². The summed E-state index contributed by atoms with van der Waals surface area (Å²) < 4.78 is 52.4. The third kappa shape index (κ3) is 4.91. The first kappa shape index (κ1) is 27.9. The van der Waals surface area contributed by atoms with Crippen molar-refractivity contribution in [3.8, 4) is 28.7 Å². The summed E-state index contributed by atoms with van der Waals surface area (Å²) in [6, 6.07) is 16.4. The van der Waals surface area contributed by atoms with E-state index in [-0.39, 0.29) is 49.1 Å². The largest absolute Gasteiger partial charge is 0.514 e. The zero-order valence-electron chi connectivity index (χ0n) is 23.3. The number of methoxy groups -OCH3 is 2. The molecule has 5 atom stereocenters. The van der Waals surface area contributed by atoms with Crippen LogP contribution in [0.4, 0.5) is 4.79 Å². The fourth-order valence-corrected chi connectivity index (χ4v) is 7.52. The molecule has 0 spiro atoms. The topological polar surface area (TPSA) is 116 Å². The zero-order chi connectivity index (χ0) is 29.4. The van der Waals surface area contributed by atoms with Gasteiger partial charge in [-0.3, -0.25) is 9.00 Å². The van der Waals surface area contributed by atoms with E-state index in [2.05, 4.69) is 0 Å². The van der Waals surface area contributed by atoms with Gasteiger partial charge in [0.2, 0.25) is 12.5 Å². The minimum atomic E-state index is -1.26. The highest BCUT2D eigenvalue weighted by molar-refractivity contribution is 7.85. The summed E-state index contributed by atoms with van der Waals surface area (Å²) in [5, 5.41) is -0.419. The first-order valence-electron chi connectivity index (χ1n) is 13.5. The van der Waals surface area contributed by atoms with E-state index in [1.165, 1.54) is 14.2 Å². The molecular weight excluding hydrogens is 564 g/mol. The van der Waals surface area contributed by atoms with Crippen LogP contribution in [0.3, 0.4) is 0 Å². The third-order valence-electron chi connectivity index (χ3n) is 7.91. The lowest BCUT2D eigenvalue weighted by Crippen LogP contribution is -2.36. The van der Waals surface area contributed by atoms with Crippen LogP contribution in [0.15, 0.2) is 54.6 Å². The van der Waals surface area contributed by atoms with E-state index in [0.29, 0.717) is 22.8 Å². The van der Waals surface area contributed by atoms with Gasteiger partial charge in [0, 0.05) is 28.4 Å². The summed E-state index contributed by atoms with van der Waals surface area (Å²) in [5.41, 5.74) is 3.09. The summed E-state index contributed by atoms with van der Waals surface area (Å²) >= 11 is 0. The van der Waals surface area contributed by atoms with Crippen LogP contribution in [0.2, 0.25) is 0 Å². The van der Waals surface area contributed by atoms with Gasteiger partial charge in [-0.2, -0.15) is 0 Å². The number of fused-ring (bicyclic) bond motifs is 3. The molecule has 1 saturated heterocycles. The SMILES string of the molecule is CCS(=O)[C@@H]1c2cc3c(cc2[C@@H](c2cc(OC)c(OC(=O)OCc4ccccc4)c(OC)c2)[C@H]2C(=O)OC[C@@H]21)OCO3. The molecule has 220 valence electrons. The van der Waals surface area contributed by atoms with Crippen LogP contribution < -0.4 is 23.7 Å². The maximum atomic E-state index is 13.4. The Balaban J connectivity index is 1.41. The molecule has 0 bridgehead atoms. The quantitative estimate of drug-likeness (QED) is 0.264. The molecule has 1 aliphatic carbocycles. The first-order chi connectivity index (χ1) is 20.4. The monoisotopic (exact) mass is 594 g/mol. The van der Waals surface area contributed by atoms with Crippen LogP contribution in [0.25, 0.3) is 0 Å². The summed E-state index contributed by atoms with van der Waals surface area (Å²) in [7, 11) is 1.63. The predicted octanol–water partition coefficient (Wildman–Crippen LogP) is 4.89. The summed E-state index contributed by atoms with van der Waals surface area (Å²) in [6.45, 7) is 2.13. The lowest BCUT2D eigenvalue weighted by atomic mass is 9.67. The van der Waals surface area contributed by atoms with Gasteiger partial charge in [-0.25, -0.2) is 4.79 Å². The Labute approximate surface area is 245 Å². The van der Waals surface area contributed by atoms with Crippen molar-refractivity contribution in [2.45, 2.75) is 24.7 Å². The van der Waals surface area contributed by atoms with Crippen molar-refractivity contribution in [3.63, 3.8) is 0 Å². The van der Waals surface area contributed by atoms with Crippen molar-refractivity contribution in [2.75, 3.05) is 33.4 Å². The van der Waals surface area contributed by atoms with Gasteiger partial charge in [-0.1, -0.05) is 37.3 Å². The van der Waals surface area contributed by atoms with Crippen LogP contribution in [-0.2, 0) is 31.7 Å². The molecule has 2 aliphatic heterocycles. The molecular formula is C31H30O10S. The molecule has 0 N–H and O–H groups in total. The Bertz CT molecular complexity index is 1510. The highest BCUT2D eigenvalue weighted by Crippen LogP contribution is 2.57. The molecule has 6 rings (SSSR count). The highest BCUT2D eigenvalue weighted by atomic mass is 32.2. The van der Waals surface area contributed by atoms with Gasteiger partial charge in [0.1, 0.15) is 6.61 Å². The van der Waals surface area contributed by atoms with Gasteiger partial charge in [0.15, 0.2) is 23.0 Å². The van der Waals surface area contributed by atoms with Gasteiger partial charge >= 0.3 is 12.1 Å². The molecule has 0 saturated carbocycles. The van der Waals surface area contributed by atoms with Crippen molar-refractivity contribution in [3.05, 3.63) is 76.9 Å². The second-order valence-corrected chi connectivity index (χ2v) is 11.9. The van der Waals surface area contributed by atoms with Crippen LogP contribution in [-0.4, -0.2) is 49.7 Å². The van der Waals surface area contributed by atoms with E-state index in [9.17, 15) is 13.8 Å². The maximum absolute atomic E-state index is 13.4. The fourth-order valence-electron chi connectivity index (χ4n) is 6.04. The Kier molecular flexibility index (Phi) is 7.68. The molecule has 0 radical (unpaired) electrons. The smallest absolute Gasteiger partial charge is 0.493 e. The first-order valence-corrected chi connectivity index (χ1v) is 14.9. The average molecular weight is 595 g/mol. The van der Waals surface area contributed by atoms with Gasteiger partial charge in [-0.15, -0.1) is 0 Å². The zero-order valence-corrected chi connectivity index (χ0v) is 24.1. The van der Waals surface area contributed by atoms with E-state index >= 15 is 0 Å². The summed E-state index contributed by atoms with van der Waals surface area (Å²) in [6.07, 6.45) is -0.928. The summed E-state index contributed by atoms with van der Waals surface area (Å²) in [5.74, 6) is 0.194. The number of cyclic esters (lactones) is 1. The van der Waals surface area contributed by atoms with Crippen LogP contribution in [0, 0.1) is 11.8 Å². The Hall–Kier alpha value is -4.25. The molecule has 0 aromatic heterocycles. The van der Waals surface area contributed by atoms with Crippen molar-refractivity contribution < 1.29 is 47.0 Å². The predicted molar refractivity (Wildman–Crippen MR) is 151 cm³/mol. The van der Waals surface area contributed by atoms with E-state index in [1.54, 1.807) is 12.1 Å². The molecule has 10 nitrogen and oxygen atoms in total. The molecule has 1 unspecified atom stereocenters. The van der Waals surface area contributed by atoms with Crippen molar-refractivity contribution >= 4 is 22.9 Å². The number of carbonyl (C=O) groups excluding carboxylic acids is 2. The number of ether oxygens (including phenoxy) is 7. The number of hydrogen-bond acceptors (Lipinski definition) is 10. The maximum Gasteiger partial charge on any atom is 0.514 e. The number of carbonyl (C=O) groups is 2. The van der Waals surface area contributed by atoms with Crippen molar-refractivity contribution in [2.24, 2.45) is 11.8 Å². The Morgan fingerprint density at radius 3 is 2.26 bits per heavy atom. The molecule has 0 amide bonds. The standard InChI is InChI=1S/C31H30O10S/c1-4-42(34)29-20-13-23-22(39-16-40-23)12-19(20)26(27-21(29)15-37-30(27)32)18-10-24(35-2)28(25(11-18)36-3)41-31(33)38-14-17-8-6-5-7-9-17/h5-13,21,26-27,29H,4,14-16H2,1-3H3/t21-,26+,27-,29+,42?/m0/s1. The normalized spacial score (nSPS) is 22.4. The summed E-state index contributed by atoms with van der Waals surface area (Å²) in [4.78, 5) is 25.9. The van der Waals surface area contributed by atoms with Gasteiger partial charge < -0.3 is 33.2 Å². The highest BCUT2D eigenvalue weighted by Gasteiger charge is 2.54. The molecule has 1 fully saturated rings. The van der Waals surface area contributed by atoms with E-state index < -0.39 is 34.0 Å². The molecule has 3 aliphatic rings. The second kappa shape index (κ2) is 11.6. The van der Waals surface area contributed by atoms with Gasteiger partial charge in [0.25, 0.3) is 0 Å². The minimum Gasteiger partial charge on any atom is -0.493 e. The molecule has 3 aromatic rings. The number of hydrogen-bond donors (Lipinski definition) is 0. The number of esters is 1. The van der Waals surface area contributed by atoms with E-state index in [4.69, 9.17) is 33.2 Å². The molecule has 42 heavy (non-hydrogen) atoms. The second-order valence-electron chi connectivity index (χ2n) is 10.1.